The topological polar surface area (TPSA) is 59.0 Å². The van der Waals surface area contributed by atoms with Gasteiger partial charge in [0.05, 0.1) is 22.5 Å². The molecule has 0 saturated heterocycles. The number of carbonyl (C=O) groups is 1. The van der Waals surface area contributed by atoms with Gasteiger partial charge in [-0.1, -0.05) is 23.8 Å². The Labute approximate surface area is 183 Å². The summed E-state index contributed by atoms with van der Waals surface area (Å²) in [5, 5.41) is 6.39. The highest BCUT2D eigenvalue weighted by Gasteiger charge is 2.35. The molecule has 2 aromatic rings. The molecule has 2 N–H and O–H groups in total. The maximum Gasteiger partial charge on any atom is 0.251 e. The number of fused-ring (bicyclic) bond motifs is 1. The van der Waals surface area contributed by atoms with Crippen molar-refractivity contribution in [2.45, 2.75) is 49.1 Å². The third-order valence-electron chi connectivity index (χ3n) is 5.65. The minimum absolute atomic E-state index is 0.193. The molecule has 2 atom stereocenters. The van der Waals surface area contributed by atoms with Crippen molar-refractivity contribution in [2.24, 2.45) is 7.05 Å². The van der Waals surface area contributed by atoms with Crippen molar-refractivity contribution in [3.63, 3.8) is 0 Å². The maximum atomic E-state index is 13.3. The second kappa shape index (κ2) is 8.19. The van der Waals surface area contributed by atoms with Crippen LogP contribution in [0.2, 0.25) is 0 Å². The Hall–Kier alpha value is -2.12. The molecule has 1 amide bonds. The van der Waals surface area contributed by atoms with Crippen LogP contribution in [0.5, 0.6) is 0 Å². The third-order valence-corrected chi connectivity index (χ3v) is 6.40. The molecular weight excluding hydrogens is 433 g/mol. The van der Waals surface area contributed by atoms with E-state index in [0.29, 0.717) is 22.1 Å². The summed E-state index contributed by atoms with van der Waals surface area (Å²) in [6.07, 6.45) is 5.61. The summed E-state index contributed by atoms with van der Waals surface area (Å²) in [4.78, 5) is 17.2. The molecule has 30 heavy (non-hydrogen) atoms. The molecule has 2 aliphatic carbocycles. The molecular formula is C21H22Cl2F2N4O. The Bertz CT molecular complexity index is 1020. The van der Waals surface area contributed by atoms with Crippen molar-refractivity contribution >= 4 is 46.1 Å². The van der Waals surface area contributed by atoms with Gasteiger partial charge in [0.1, 0.15) is 0 Å². The van der Waals surface area contributed by atoms with E-state index in [0.717, 1.165) is 5.52 Å². The highest BCUT2D eigenvalue weighted by atomic mass is 35.5. The number of rotatable bonds is 4. The van der Waals surface area contributed by atoms with E-state index in [9.17, 15) is 13.6 Å². The van der Waals surface area contributed by atoms with Crippen LogP contribution >= 0.6 is 23.2 Å². The van der Waals surface area contributed by atoms with Gasteiger partial charge in [-0.25, -0.2) is 13.8 Å². The van der Waals surface area contributed by atoms with Crippen LogP contribution in [0, 0.1) is 0 Å². The van der Waals surface area contributed by atoms with E-state index in [1.165, 1.54) is 0 Å². The van der Waals surface area contributed by atoms with Crippen LogP contribution in [0.4, 0.5) is 14.7 Å². The van der Waals surface area contributed by atoms with E-state index in [4.69, 9.17) is 23.2 Å². The second-order valence-electron chi connectivity index (χ2n) is 7.80. The van der Waals surface area contributed by atoms with Crippen molar-refractivity contribution in [2.75, 3.05) is 5.32 Å². The molecule has 5 nitrogen and oxygen atoms in total. The SMILES string of the molecule is Cn1c(NC2C(Cl)=CC=CC2Cl)nc2cc(C(=O)NC3CCC(F)(F)CC3)ccc21. The van der Waals surface area contributed by atoms with Crippen LogP contribution in [0.15, 0.2) is 41.5 Å². The molecule has 2 unspecified atom stereocenters. The lowest BCUT2D eigenvalue weighted by Crippen LogP contribution is -2.40. The number of aryl methyl sites for hydroxylation is 1. The van der Waals surface area contributed by atoms with E-state index in [1.807, 2.05) is 29.8 Å². The zero-order valence-electron chi connectivity index (χ0n) is 16.3. The molecule has 9 heteroatoms. The Kier molecular flexibility index (Phi) is 5.77. The van der Waals surface area contributed by atoms with Crippen molar-refractivity contribution in [1.82, 2.24) is 14.9 Å². The van der Waals surface area contributed by atoms with Crippen molar-refractivity contribution in [3.8, 4) is 0 Å². The Morgan fingerprint density at radius 2 is 2.03 bits per heavy atom. The lowest BCUT2D eigenvalue weighted by atomic mass is 9.92. The average Bonchev–Trinajstić information content (AvgIpc) is 3.01. The Balaban J connectivity index is 1.50. The molecule has 0 spiro atoms. The van der Waals surface area contributed by atoms with Gasteiger partial charge in [-0.05, 0) is 37.1 Å². The summed E-state index contributed by atoms with van der Waals surface area (Å²) in [5.41, 5.74) is 1.92. The average molecular weight is 455 g/mol. The molecule has 1 heterocycles. The summed E-state index contributed by atoms with van der Waals surface area (Å²) in [7, 11) is 1.86. The lowest BCUT2D eigenvalue weighted by molar-refractivity contribution is -0.0399. The van der Waals surface area contributed by atoms with Crippen molar-refractivity contribution in [3.05, 3.63) is 47.0 Å². The van der Waals surface area contributed by atoms with Crippen molar-refractivity contribution < 1.29 is 13.6 Å². The van der Waals surface area contributed by atoms with Gasteiger partial charge in [0, 0.05) is 36.5 Å². The normalized spacial score (nSPS) is 24.0. The number of benzene rings is 1. The first kappa shape index (κ1) is 21.1. The first-order chi connectivity index (χ1) is 14.2. The first-order valence-electron chi connectivity index (χ1n) is 9.83. The number of carbonyl (C=O) groups excluding carboxylic acids is 1. The van der Waals surface area contributed by atoms with E-state index < -0.39 is 5.92 Å². The second-order valence-corrected chi connectivity index (χ2v) is 8.74. The maximum absolute atomic E-state index is 13.3. The highest BCUT2D eigenvalue weighted by Crippen LogP contribution is 2.33. The number of nitrogens with one attached hydrogen (secondary N) is 2. The molecule has 1 aromatic heterocycles. The molecule has 1 fully saturated rings. The number of hydrogen-bond donors (Lipinski definition) is 2. The Morgan fingerprint density at radius 3 is 2.73 bits per heavy atom. The predicted octanol–water partition coefficient (Wildman–Crippen LogP) is 4.96. The van der Waals surface area contributed by atoms with Crippen molar-refractivity contribution in [1.29, 1.82) is 0 Å². The van der Waals surface area contributed by atoms with E-state index in [1.54, 1.807) is 18.2 Å². The first-order valence-corrected chi connectivity index (χ1v) is 10.6. The van der Waals surface area contributed by atoms with Gasteiger partial charge in [-0.15, -0.1) is 11.6 Å². The van der Waals surface area contributed by atoms with Gasteiger partial charge in [-0.3, -0.25) is 4.79 Å². The number of hydrogen-bond acceptors (Lipinski definition) is 3. The van der Waals surface area contributed by atoms with Crippen LogP contribution in [0.25, 0.3) is 11.0 Å². The lowest BCUT2D eigenvalue weighted by Gasteiger charge is -2.28. The predicted molar refractivity (Wildman–Crippen MR) is 116 cm³/mol. The van der Waals surface area contributed by atoms with Gasteiger partial charge in [0.15, 0.2) is 0 Å². The monoisotopic (exact) mass is 454 g/mol. The summed E-state index contributed by atoms with van der Waals surface area (Å²) >= 11 is 12.6. The number of aromatic nitrogens is 2. The number of halogens is 4. The Morgan fingerprint density at radius 1 is 1.30 bits per heavy atom. The largest absolute Gasteiger partial charge is 0.349 e. The smallest absolute Gasteiger partial charge is 0.251 e. The number of imidazole rings is 1. The standard InChI is InChI=1S/C21H22Cl2F2N4O/c1-29-17-6-5-12(19(30)26-13-7-9-21(24,25)10-8-13)11-16(17)27-20(29)28-18-14(22)3-2-4-15(18)23/h2-6,11,13-14,18H,7-10H2,1H3,(H,26,30)(H,27,28). The van der Waals surface area contributed by atoms with Crippen LogP contribution in [-0.2, 0) is 7.05 Å². The fourth-order valence-corrected chi connectivity index (χ4v) is 4.44. The number of allylic oxidation sites excluding steroid dienone is 2. The zero-order chi connectivity index (χ0) is 21.5. The van der Waals surface area contributed by atoms with E-state index >= 15 is 0 Å². The van der Waals surface area contributed by atoms with Gasteiger partial charge in [-0.2, -0.15) is 0 Å². The van der Waals surface area contributed by atoms with Gasteiger partial charge in [0.2, 0.25) is 11.9 Å². The minimum atomic E-state index is -2.62. The molecule has 1 saturated carbocycles. The van der Waals surface area contributed by atoms with Crippen LogP contribution in [0.3, 0.4) is 0 Å². The minimum Gasteiger partial charge on any atom is -0.349 e. The van der Waals surface area contributed by atoms with Crippen LogP contribution in [0.1, 0.15) is 36.0 Å². The van der Waals surface area contributed by atoms with Crippen LogP contribution in [-0.4, -0.2) is 38.8 Å². The summed E-state index contributed by atoms with van der Waals surface area (Å²) < 4.78 is 28.5. The number of alkyl halides is 3. The summed E-state index contributed by atoms with van der Waals surface area (Å²) in [6, 6.07) is 4.68. The molecule has 0 aliphatic heterocycles. The van der Waals surface area contributed by atoms with E-state index in [2.05, 4.69) is 15.6 Å². The van der Waals surface area contributed by atoms with Gasteiger partial charge < -0.3 is 15.2 Å². The fraction of sp³-hybridized carbons (Fsp3) is 0.429. The quantitative estimate of drug-likeness (QED) is 0.641. The zero-order valence-corrected chi connectivity index (χ0v) is 17.9. The summed E-state index contributed by atoms with van der Waals surface area (Å²) in [6.45, 7) is 0. The highest BCUT2D eigenvalue weighted by molar-refractivity contribution is 6.32. The number of nitrogens with zero attached hydrogens (tertiary/aromatic N) is 2. The summed E-state index contributed by atoms with van der Waals surface area (Å²) in [5.74, 6) is -2.32. The molecule has 0 bridgehead atoms. The van der Waals surface area contributed by atoms with Crippen LogP contribution < -0.4 is 10.6 Å². The molecule has 4 rings (SSSR count). The van der Waals surface area contributed by atoms with Gasteiger partial charge in [0.25, 0.3) is 5.91 Å². The molecule has 1 aromatic carbocycles. The molecule has 160 valence electrons. The fourth-order valence-electron chi connectivity index (χ4n) is 3.83. The van der Waals surface area contributed by atoms with Gasteiger partial charge >= 0.3 is 0 Å². The molecule has 2 aliphatic rings. The molecule has 0 radical (unpaired) electrons. The van der Waals surface area contributed by atoms with E-state index in [-0.39, 0.29) is 49.1 Å². The number of amides is 1. The third kappa shape index (κ3) is 4.32. The number of anilines is 1.